The Bertz CT molecular complexity index is 470. The minimum absolute atomic E-state index is 0.00917. The number of piperidine rings is 1. The molecular weight excluding hydrogens is 246 g/mol. The van der Waals surface area contributed by atoms with Crippen LogP contribution < -0.4 is 0 Å². The van der Waals surface area contributed by atoms with E-state index in [9.17, 15) is 4.79 Å². The second kappa shape index (κ2) is 4.98. The van der Waals surface area contributed by atoms with Gasteiger partial charge in [0.2, 0.25) is 0 Å². The molecule has 2 saturated heterocycles. The molecule has 0 radical (unpaired) electrons. The van der Waals surface area contributed by atoms with Crippen molar-refractivity contribution in [2.24, 2.45) is 0 Å². The van der Waals surface area contributed by atoms with Crippen molar-refractivity contribution in [2.45, 2.75) is 38.0 Å². The highest BCUT2D eigenvalue weighted by Crippen LogP contribution is 2.31. The zero-order valence-corrected chi connectivity index (χ0v) is 11.3. The summed E-state index contributed by atoms with van der Waals surface area (Å²) in [6.45, 7) is 3.23. The fourth-order valence-electron chi connectivity index (χ4n) is 3.15. The molecule has 0 spiro atoms. The molecule has 2 aliphatic heterocycles. The summed E-state index contributed by atoms with van der Waals surface area (Å²) >= 11 is 0. The molecule has 2 fully saturated rings. The third kappa shape index (κ3) is 2.07. The molecule has 19 heavy (non-hydrogen) atoms. The first kappa shape index (κ1) is 12.7. The van der Waals surface area contributed by atoms with E-state index in [1.165, 1.54) is 0 Å². The van der Waals surface area contributed by atoms with Crippen LogP contribution in [0.2, 0.25) is 0 Å². The summed E-state index contributed by atoms with van der Waals surface area (Å²) in [5, 5.41) is 0. The maximum atomic E-state index is 12.6. The molecule has 0 unspecified atom stereocenters. The van der Waals surface area contributed by atoms with Crippen LogP contribution >= 0.6 is 0 Å². The first-order chi connectivity index (χ1) is 9.22. The third-order valence-electron chi connectivity index (χ3n) is 4.18. The Labute approximate surface area is 112 Å². The Morgan fingerprint density at radius 1 is 1.47 bits per heavy atom. The molecule has 0 aliphatic carbocycles. The van der Waals surface area contributed by atoms with Gasteiger partial charge in [0.05, 0.1) is 24.0 Å². The number of hydrogen-bond donors (Lipinski definition) is 0. The van der Waals surface area contributed by atoms with Crippen LogP contribution in [0.15, 0.2) is 16.7 Å². The van der Waals surface area contributed by atoms with E-state index in [1.807, 2.05) is 11.8 Å². The van der Waals surface area contributed by atoms with Crippen molar-refractivity contribution < 1.29 is 18.7 Å². The monoisotopic (exact) mass is 265 g/mol. The molecule has 1 aromatic rings. The van der Waals surface area contributed by atoms with Gasteiger partial charge in [0.25, 0.3) is 5.91 Å². The second-order valence-corrected chi connectivity index (χ2v) is 5.14. The molecule has 3 rings (SSSR count). The number of fused-ring (bicyclic) bond motifs is 1. The average Bonchev–Trinajstić information content (AvgIpc) is 3.05. The van der Waals surface area contributed by atoms with E-state index in [2.05, 4.69) is 0 Å². The average molecular weight is 265 g/mol. The van der Waals surface area contributed by atoms with Crippen molar-refractivity contribution in [1.29, 1.82) is 0 Å². The van der Waals surface area contributed by atoms with Crippen LogP contribution in [0.5, 0.6) is 0 Å². The van der Waals surface area contributed by atoms with Crippen LogP contribution in [-0.2, 0) is 9.47 Å². The fraction of sp³-hybridized carbons (Fsp3) is 0.643. The third-order valence-corrected chi connectivity index (χ3v) is 4.18. The predicted octanol–water partition coefficient (Wildman–Crippen LogP) is 1.61. The van der Waals surface area contributed by atoms with Gasteiger partial charge in [0.1, 0.15) is 11.9 Å². The topological polar surface area (TPSA) is 51.9 Å². The summed E-state index contributed by atoms with van der Waals surface area (Å²) in [7, 11) is 1.71. The van der Waals surface area contributed by atoms with Gasteiger partial charge in [-0.1, -0.05) is 0 Å². The largest absolute Gasteiger partial charge is 0.469 e. The Balaban J connectivity index is 1.82. The van der Waals surface area contributed by atoms with Gasteiger partial charge in [0, 0.05) is 20.3 Å². The quantitative estimate of drug-likeness (QED) is 0.815. The highest BCUT2D eigenvalue weighted by Gasteiger charge is 2.44. The van der Waals surface area contributed by atoms with Crippen molar-refractivity contribution >= 4 is 5.91 Å². The van der Waals surface area contributed by atoms with Crippen molar-refractivity contribution in [1.82, 2.24) is 4.90 Å². The van der Waals surface area contributed by atoms with Gasteiger partial charge in [-0.05, 0) is 25.8 Å². The number of methoxy groups -OCH3 is 1. The van der Waals surface area contributed by atoms with Crippen molar-refractivity contribution in [3.63, 3.8) is 0 Å². The minimum Gasteiger partial charge on any atom is -0.469 e. The Hall–Kier alpha value is -1.33. The molecule has 2 aliphatic rings. The van der Waals surface area contributed by atoms with E-state index < -0.39 is 0 Å². The Kier molecular flexibility index (Phi) is 3.33. The maximum Gasteiger partial charge on any atom is 0.257 e. The van der Waals surface area contributed by atoms with Crippen LogP contribution in [0, 0.1) is 6.92 Å². The second-order valence-electron chi connectivity index (χ2n) is 5.14. The van der Waals surface area contributed by atoms with E-state index in [0.29, 0.717) is 24.5 Å². The normalized spacial score (nSPS) is 30.4. The lowest BCUT2D eigenvalue weighted by Crippen LogP contribution is -2.55. The first-order valence-corrected chi connectivity index (χ1v) is 6.72. The summed E-state index contributed by atoms with van der Waals surface area (Å²) in [5.41, 5.74) is 0.654. The van der Waals surface area contributed by atoms with Gasteiger partial charge >= 0.3 is 0 Å². The van der Waals surface area contributed by atoms with Crippen molar-refractivity contribution in [3.8, 4) is 0 Å². The van der Waals surface area contributed by atoms with E-state index in [-0.39, 0.29) is 24.2 Å². The van der Waals surface area contributed by atoms with Crippen LogP contribution in [0.3, 0.4) is 0 Å². The zero-order valence-electron chi connectivity index (χ0n) is 11.3. The number of carbonyl (C=O) groups is 1. The number of nitrogens with zero attached hydrogens (tertiary/aromatic N) is 1. The standard InChI is InChI=1S/C14H19NO4/c1-9-10(4-7-18-9)14(16)15-6-3-12(17-2)13-11(15)5-8-19-13/h4,7,11-13H,3,5-6,8H2,1-2H3/t11-,12+,13-/m0/s1. The number of ether oxygens (including phenoxy) is 2. The Morgan fingerprint density at radius 2 is 2.32 bits per heavy atom. The molecule has 5 heteroatoms. The lowest BCUT2D eigenvalue weighted by atomic mass is 9.95. The van der Waals surface area contributed by atoms with Gasteiger partial charge < -0.3 is 18.8 Å². The molecule has 3 atom stereocenters. The zero-order chi connectivity index (χ0) is 13.4. The molecule has 0 bridgehead atoms. The Morgan fingerprint density at radius 3 is 3.00 bits per heavy atom. The predicted molar refractivity (Wildman–Crippen MR) is 68.0 cm³/mol. The summed E-state index contributed by atoms with van der Waals surface area (Å²) < 4.78 is 16.4. The number of carbonyl (C=O) groups excluding carboxylic acids is 1. The SMILES string of the molecule is CO[C@@H]1CCN(C(=O)c2ccoc2C)[C@H]2CCO[C@H]12. The van der Waals surface area contributed by atoms with E-state index in [1.54, 1.807) is 19.4 Å². The number of aryl methyl sites for hydroxylation is 1. The molecule has 5 nitrogen and oxygen atoms in total. The maximum absolute atomic E-state index is 12.6. The summed E-state index contributed by atoms with van der Waals surface area (Å²) in [6.07, 6.45) is 3.37. The minimum atomic E-state index is 0.00917. The van der Waals surface area contributed by atoms with Gasteiger partial charge in [-0.2, -0.15) is 0 Å². The number of likely N-dealkylation sites (tertiary alicyclic amines) is 1. The van der Waals surface area contributed by atoms with Crippen LogP contribution in [-0.4, -0.2) is 49.3 Å². The van der Waals surface area contributed by atoms with Gasteiger partial charge in [0.15, 0.2) is 0 Å². The molecule has 0 saturated carbocycles. The smallest absolute Gasteiger partial charge is 0.257 e. The molecule has 1 aromatic heterocycles. The highest BCUT2D eigenvalue weighted by atomic mass is 16.5. The van der Waals surface area contributed by atoms with Crippen LogP contribution in [0.4, 0.5) is 0 Å². The van der Waals surface area contributed by atoms with E-state index >= 15 is 0 Å². The number of hydrogen-bond acceptors (Lipinski definition) is 4. The van der Waals surface area contributed by atoms with Gasteiger partial charge in [-0.15, -0.1) is 0 Å². The fourth-order valence-corrected chi connectivity index (χ4v) is 3.15. The molecule has 1 amide bonds. The lowest BCUT2D eigenvalue weighted by Gasteiger charge is -2.40. The highest BCUT2D eigenvalue weighted by molar-refractivity contribution is 5.95. The van der Waals surface area contributed by atoms with Crippen molar-refractivity contribution in [2.75, 3.05) is 20.3 Å². The first-order valence-electron chi connectivity index (χ1n) is 6.72. The summed E-state index contributed by atoms with van der Waals surface area (Å²) in [5.74, 6) is 0.718. The summed E-state index contributed by atoms with van der Waals surface area (Å²) in [6, 6.07) is 1.87. The molecule has 104 valence electrons. The lowest BCUT2D eigenvalue weighted by molar-refractivity contribution is -0.0754. The summed E-state index contributed by atoms with van der Waals surface area (Å²) in [4.78, 5) is 14.5. The number of furan rings is 1. The van der Waals surface area contributed by atoms with Crippen LogP contribution in [0.1, 0.15) is 29.0 Å². The molecule has 0 N–H and O–H groups in total. The van der Waals surface area contributed by atoms with Gasteiger partial charge in [-0.3, -0.25) is 4.79 Å². The molecular formula is C14H19NO4. The number of amides is 1. The molecule has 3 heterocycles. The van der Waals surface area contributed by atoms with Gasteiger partial charge in [-0.25, -0.2) is 0 Å². The number of rotatable bonds is 2. The van der Waals surface area contributed by atoms with E-state index in [4.69, 9.17) is 13.9 Å². The van der Waals surface area contributed by atoms with Crippen molar-refractivity contribution in [3.05, 3.63) is 23.7 Å². The van der Waals surface area contributed by atoms with E-state index in [0.717, 1.165) is 12.8 Å². The van der Waals surface area contributed by atoms with Crippen LogP contribution in [0.25, 0.3) is 0 Å². The molecule has 0 aromatic carbocycles.